The van der Waals surface area contributed by atoms with Crippen molar-refractivity contribution in [2.45, 2.75) is 95.7 Å². The van der Waals surface area contributed by atoms with Gasteiger partial charge in [-0.25, -0.2) is 14.6 Å². The number of carboxylic acids is 1. The minimum atomic E-state index is -1.59. The summed E-state index contributed by atoms with van der Waals surface area (Å²) >= 11 is 1.03. The lowest BCUT2D eigenvalue weighted by Gasteiger charge is -2.32. The maximum Gasteiger partial charge on any atom is 0.326 e. The molecule has 532 valence electrons. The number of benzene rings is 4. The van der Waals surface area contributed by atoms with Crippen LogP contribution in [0.4, 0.5) is 5.69 Å². The van der Waals surface area contributed by atoms with Gasteiger partial charge < -0.3 is 77.9 Å². The van der Waals surface area contributed by atoms with Crippen LogP contribution in [0.3, 0.4) is 0 Å². The molecule has 5 atom stereocenters. The average molecular weight is 1390 g/mol. The smallest absolute Gasteiger partial charge is 0.326 e. The summed E-state index contributed by atoms with van der Waals surface area (Å²) in [5.41, 5.74) is 18.3. The highest BCUT2D eigenvalue weighted by Crippen LogP contribution is 2.34. The first-order valence-electron chi connectivity index (χ1n) is 32.9. The molecule has 3 aromatic heterocycles. The van der Waals surface area contributed by atoms with Crippen LogP contribution in [0.2, 0.25) is 0 Å². The summed E-state index contributed by atoms with van der Waals surface area (Å²) in [5, 5.41) is 36.5. The number of aromatic nitrogens is 4. The van der Waals surface area contributed by atoms with Gasteiger partial charge in [0.15, 0.2) is 5.96 Å². The Morgan fingerprint density at radius 1 is 0.780 bits per heavy atom. The second-order valence-corrected chi connectivity index (χ2v) is 25.6. The number of guanidine groups is 1. The van der Waals surface area contributed by atoms with Crippen molar-refractivity contribution in [2.75, 3.05) is 83.1 Å². The molecule has 0 unspecified atom stereocenters. The third-order valence-corrected chi connectivity index (χ3v) is 17.8. The third kappa shape index (κ3) is 21.6. The molecule has 4 aromatic carbocycles. The van der Waals surface area contributed by atoms with E-state index in [1.54, 1.807) is 79.2 Å². The summed E-state index contributed by atoms with van der Waals surface area (Å²) in [7, 11) is 1.24. The van der Waals surface area contributed by atoms with Crippen LogP contribution in [0.1, 0.15) is 63.6 Å². The highest BCUT2D eigenvalue weighted by molar-refractivity contribution is 8.00. The number of nitrogens with two attached hydrogens (primary N) is 2. The maximum atomic E-state index is 14.0. The fourth-order valence-electron chi connectivity index (χ4n) is 11.6. The highest BCUT2D eigenvalue weighted by atomic mass is 32.2. The number of nitrogens with one attached hydrogen (secondary N) is 8. The summed E-state index contributed by atoms with van der Waals surface area (Å²) in [5.74, 6) is -7.16. The molecule has 1 saturated heterocycles. The Bertz CT molecular complexity index is 4120. The van der Waals surface area contributed by atoms with Crippen molar-refractivity contribution in [3.63, 3.8) is 0 Å². The van der Waals surface area contributed by atoms with Crippen LogP contribution < -0.4 is 54.6 Å². The van der Waals surface area contributed by atoms with Gasteiger partial charge in [0.25, 0.3) is 5.56 Å². The standard InChI is InChI=1S/C70H87N15O14S/c1-42(2)61(66(93)80-55(38-86)67(94)83(4)58(68(95)96)34-44-12-7-5-8-13-44)82-64(91)54(16-11-26-75-69(71)72)79-65(92)56(76-43(3)87)40-100-41-60(89)73-28-31-98-32-33-99-39-59(88)77-48-21-22-53-57(35-48)85(70(97)81-53)49-24-29-84(30-25-49)37-45-17-19-47(20-18-45)62-50(46-14-9-6-10-15-46)36-51-52(78-62)23-27-74-63(51)90/h5-10,12-15,17-23,27,35-36,42,49,54-56,58,61,86H,11,16,24-26,28-34,37-41H2,1-4H3,(H,73,89)(H,74,90)(H,76,87)(H,77,88)(H,79,92)(H,80,93)(H,81,97)(H,82,91)(H,95,96)(H4,71,72,75)/t54-,55-,56+,58+,61+/m1/s1. The molecule has 30 heteroatoms. The van der Waals surface area contributed by atoms with Crippen LogP contribution >= 0.6 is 11.8 Å². The monoisotopic (exact) mass is 1390 g/mol. The Balaban J connectivity index is 0.736. The van der Waals surface area contributed by atoms with Gasteiger partial charge in [-0.05, 0) is 78.6 Å². The molecule has 7 aromatic rings. The molecule has 0 aliphatic carbocycles. The first-order chi connectivity index (χ1) is 48.1. The number of aliphatic imine (C=N–C) groups is 1. The van der Waals surface area contributed by atoms with Crippen LogP contribution in [0.5, 0.6) is 0 Å². The summed E-state index contributed by atoms with van der Waals surface area (Å²) in [6.45, 7) is 5.93. The number of hydrogen-bond donors (Lipinski definition) is 12. The SMILES string of the molecule is CC(=O)N[C@@H](CSCC(=O)NCCOCCOCC(=O)Nc1ccc2[nH]c(=O)n(C3CCN(Cc4ccc(-c5nc6cc[nH]c(=O)c6cc5-c5ccccc5)cc4)CC3)c2c1)C(=O)N[C@H](CCCN=C(N)N)C(=O)N[C@H](C(=O)N[C@H](CO)C(=O)N(C)[C@@H](Cc1ccccc1)C(=O)O)C(C)C. The number of imidazole rings is 1. The molecule has 1 aliphatic rings. The van der Waals surface area contributed by atoms with E-state index in [2.05, 4.69) is 76.0 Å². The van der Waals surface area contributed by atoms with E-state index >= 15 is 0 Å². The van der Waals surface area contributed by atoms with Gasteiger partial charge in [0.05, 0.1) is 59.8 Å². The second-order valence-electron chi connectivity index (χ2n) is 24.5. The lowest BCUT2D eigenvalue weighted by atomic mass is 9.97. The van der Waals surface area contributed by atoms with E-state index in [9.17, 15) is 58.2 Å². The van der Waals surface area contributed by atoms with Gasteiger partial charge in [-0.1, -0.05) is 98.8 Å². The number of anilines is 1. The van der Waals surface area contributed by atoms with Crippen LogP contribution in [0.15, 0.2) is 136 Å². The van der Waals surface area contributed by atoms with Gasteiger partial charge in [0.2, 0.25) is 41.4 Å². The summed E-state index contributed by atoms with van der Waals surface area (Å²) in [6.07, 6.45) is 3.14. The minimum Gasteiger partial charge on any atom is -0.480 e. The zero-order valence-corrected chi connectivity index (χ0v) is 57.0. The van der Waals surface area contributed by atoms with E-state index < -0.39 is 90.1 Å². The molecular weight excluding hydrogens is 1310 g/mol. The molecular formula is C70H87N15O14S. The molecule has 0 radical (unpaired) electrons. The number of H-pyrrole nitrogens is 2. The summed E-state index contributed by atoms with van der Waals surface area (Å²) < 4.78 is 12.9. The molecule has 14 N–H and O–H groups in total. The number of piperidine rings is 1. The van der Waals surface area contributed by atoms with Crippen molar-refractivity contribution < 1.29 is 58.0 Å². The van der Waals surface area contributed by atoms with Crippen LogP contribution in [-0.2, 0) is 60.8 Å². The van der Waals surface area contributed by atoms with E-state index in [0.29, 0.717) is 33.2 Å². The van der Waals surface area contributed by atoms with Crippen molar-refractivity contribution in [1.82, 2.24) is 55.9 Å². The average Bonchev–Trinajstić information content (AvgIpc) is 1.31. The number of aliphatic hydroxyl groups excluding tert-OH is 1. The molecule has 4 heterocycles. The lowest BCUT2D eigenvalue weighted by molar-refractivity contribution is -0.150. The number of aliphatic carboxylic acids is 1. The van der Waals surface area contributed by atoms with Crippen molar-refractivity contribution >= 4 is 92.7 Å². The largest absolute Gasteiger partial charge is 0.480 e. The second kappa shape index (κ2) is 37.1. The van der Waals surface area contributed by atoms with Crippen molar-refractivity contribution in [3.05, 3.63) is 153 Å². The number of likely N-dealkylation sites (tertiary alicyclic amines) is 1. The number of carbonyl (C=O) groups is 8. The van der Waals surface area contributed by atoms with E-state index in [4.69, 9.17) is 25.9 Å². The number of aliphatic hydroxyl groups is 1. The number of thioether (sulfide) groups is 1. The molecule has 7 amide bonds. The number of amides is 7. The zero-order valence-electron chi connectivity index (χ0n) is 56.2. The Labute approximate surface area is 581 Å². The van der Waals surface area contributed by atoms with Crippen LogP contribution in [0, 0.1) is 5.92 Å². The molecule has 0 bridgehead atoms. The van der Waals surface area contributed by atoms with Gasteiger partial charge in [0.1, 0.15) is 36.8 Å². The summed E-state index contributed by atoms with van der Waals surface area (Å²) in [6, 6.07) is 28.9. The number of ether oxygens (including phenoxy) is 2. The fourth-order valence-corrected chi connectivity index (χ4v) is 12.5. The molecule has 1 aliphatic heterocycles. The maximum absolute atomic E-state index is 14.0. The fraction of sp³-hybridized carbons (Fsp3) is 0.400. The van der Waals surface area contributed by atoms with Crippen LogP contribution in [0.25, 0.3) is 44.3 Å². The van der Waals surface area contributed by atoms with E-state index in [0.717, 1.165) is 77.1 Å². The quantitative estimate of drug-likeness (QED) is 0.0152. The predicted octanol–water partition coefficient (Wildman–Crippen LogP) is 2.37. The van der Waals surface area contributed by atoms with Gasteiger partial charge >= 0.3 is 11.7 Å². The Kier molecular flexibility index (Phi) is 28.0. The molecule has 100 heavy (non-hydrogen) atoms. The van der Waals surface area contributed by atoms with Gasteiger partial charge in [-0.3, -0.25) is 52.8 Å². The van der Waals surface area contributed by atoms with Gasteiger partial charge in [-0.2, -0.15) is 0 Å². The van der Waals surface area contributed by atoms with Crippen molar-refractivity contribution in [2.24, 2.45) is 22.4 Å². The number of nitrogens with zero attached hydrogens (tertiary/aromatic N) is 5. The first-order valence-corrected chi connectivity index (χ1v) is 34.0. The van der Waals surface area contributed by atoms with Crippen molar-refractivity contribution in [1.29, 1.82) is 0 Å². The normalized spacial score (nSPS) is 14.1. The van der Waals surface area contributed by atoms with E-state index in [1.807, 2.05) is 36.4 Å². The summed E-state index contributed by atoms with van der Waals surface area (Å²) in [4.78, 5) is 150. The number of carbonyl (C=O) groups excluding carboxylic acids is 7. The first kappa shape index (κ1) is 75.5. The Morgan fingerprint density at radius 2 is 1.47 bits per heavy atom. The van der Waals surface area contributed by atoms with E-state index in [1.165, 1.54) is 14.0 Å². The zero-order chi connectivity index (χ0) is 71.8. The molecule has 29 nitrogen and oxygen atoms in total. The topological polar surface area (TPSA) is 422 Å². The number of fused-ring (bicyclic) bond motifs is 2. The number of hydrogen-bond acceptors (Lipinski definition) is 17. The van der Waals surface area contributed by atoms with Crippen molar-refractivity contribution in [3.8, 4) is 22.4 Å². The lowest BCUT2D eigenvalue weighted by Crippen LogP contribution is -2.60. The molecule has 0 spiro atoms. The number of rotatable bonds is 36. The molecule has 1 fully saturated rings. The minimum absolute atomic E-state index is 0.0493. The number of carboxylic acid groups (broad SMARTS) is 1. The van der Waals surface area contributed by atoms with Gasteiger partial charge in [0, 0.05) is 87.9 Å². The third-order valence-electron chi connectivity index (χ3n) is 16.8. The highest BCUT2D eigenvalue weighted by Gasteiger charge is 2.36. The molecule has 0 saturated carbocycles. The van der Waals surface area contributed by atoms with Crippen LogP contribution in [-0.4, -0.2) is 201 Å². The Morgan fingerprint density at radius 3 is 2.15 bits per heavy atom. The predicted molar refractivity (Wildman–Crippen MR) is 380 cm³/mol. The van der Waals surface area contributed by atoms with E-state index in [-0.39, 0.29) is 93.5 Å². The number of aromatic amines is 2. The van der Waals surface area contributed by atoms with Gasteiger partial charge in [-0.15, -0.1) is 11.8 Å². The number of pyridine rings is 2. The molecule has 8 rings (SSSR count). The number of likely N-dealkylation sites (N-methyl/N-ethyl adjacent to an activating group) is 1. The Hall–Kier alpha value is -10.3.